The zero-order valence-corrected chi connectivity index (χ0v) is 12.2. The Labute approximate surface area is 124 Å². The lowest BCUT2D eigenvalue weighted by molar-refractivity contribution is -0.137. The summed E-state index contributed by atoms with van der Waals surface area (Å²) in [5.41, 5.74) is 1.77. The van der Waals surface area contributed by atoms with Crippen molar-refractivity contribution in [1.29, 1.82) is 0 Å². The van der Waals surface area contributed by atoms with Gasteiger partial charge in [-0.05, 0) is 31.0 Å². The molecular formula is C15H22N2O4. The number of hydrogen-bond acceptors (Lipinski definition) is 4. The zero-order chi connectivity index (χ0) is 15.7. The molecule has 6 nitrogen and oxygen atoms in total. The number of carbonyl (C=O) groups is 2. The highest BCUT2D eigenvalue weighted by Crippen LogP contribution is 2.09. The van der Waals surface area contributed by atoms with Gasteiger partial charge in [0.15, 0.2) is 0 Å². The van der Waals surface area contributed by atoms with Crippen molar-refractivity contribution in [2.24, 2.45) is 0 Å². The van der Waals surface area contributed by atoms with Crippen molar-refractivity contribution in [2.75, 3.05) is 31.6 Å². The van der Waals surface area contributed by atoms with E-state index in [4.69, 9.17) is 10.2 Å². The average molecular weight is 294 g/mol. The number of hydrogen-bond donors (Lipinski definition) is 3. The molecule has 0 aliphatic carbocycles. The Morgan fingerprint density at radius 3 is 2.67 bits per heavy atom. The number of nitrogens with zero attached hydrogens (tertiary/aromatic N) is 1. The van der Waals surface area contributed by atoms with Crippen LogP contribution in [0.4, 0.5) is 5.69 Å². The zero-order valence-electron chi connectivity index (χ0n) is 12.2. The first-order chi connectivity index (χ1) is 10.0. The first-order valence-electron chi connectivity index (χ1n) is 6.93. The molecule has 0 unspecified atom stereocenters. The van der Waals surface area contributed by atoms with E-state index in [0.717, 1.165) is 11.3 Å². The first-order valence-corrected chi connectivity index (χ1v) is 6.93. The Balaban J connectivity index is 2.51. The summed E-state index contributed by atoms with van der Waals surface area (Å²) >= 11 is 0. The average Bonchev–Trinajstić information content (AvgIpc) is 2.41. The SMILES string of the molecule is Cc1cccc(NC(=O)CN(CCCO)CCC(=O)O)c1. The van der Waals surface area contributed by atoms with Crippen molar-refractivity contribution >= 4 is 17.6 Å². The van der Waals surface area contributed by atoms with Crippen LogP contribution in [0.5, 0.6) is 0 Å². The molecule has 0 spiro atoms. The van der Waals surface area contributed by atoms with Gasteiger partial charge in [0.1, 0.15) is 0 Å². The van der Waals surface area contributed by atoms with Crippen molar-refractivity contribution in [3.8, 4) is 0 Å². The quantitative estimate of drug-likeness (QED) is 0.634. The van der Waals surface area contributed by atoms with Crippen molar-refractivity contribution in [3.05, 3.63) is 29.8 Å². The molecule has 21 heavy (non-hydrogen) atoms. The molecule has 0 aliphatic heterocycles. The number of rotatable bonds is 9. The highest BCUT2D eigenvalue weighted by molar-refractivity contribution is 5.92. The van der Waals surface area contributed by atoms with Gasteiger partial charge in [0.25, 0.3) is 0 Å². The summed E-state index contributed by atoms with van der Waals surface area (Å²) in [7, 11) is 0. The molecule has 0 aliphatic rings. The van der Waals surface area contributed by atoms with Crippen LogP contribution in [0.1, 0.15) is 18.4 Å². The molecule has 1 rings (SSSR count). The van der Waals surface area contributed by atoms with E-state index < -0.39 is 5.97 Å². The van der Waals surface area contributed by atoms with Crippen LogP contribution in [0.25, 0.3) is 0 Å². The van der Waals surface area contributed by atoms with Gasteiger partial charge in [-0.3, -0.25) is 14.5 Å². The van der Waals surface area contributed by atoms with Crippen LogP contribution in [-0.4, -0.2) is 53.2 Å². The first kappa shape index (κ1) is 17.1. The number of carbonyl (C=O) groups excluding carboxylic acids is 1. The van der Waals surface area contributed by atoms with Crippen LogP contribution >= 0.6 is 0 Å². The lowest BCUT2D eigenvalue weighted by Gasteiger charge is -2.20. The molecule has 0 saturated heterocycles. The van der Waals surface area contributed by atoms with Gasteiger partial charge < -0.3 is 15.5 Å². The van der Waals surface area contributed by atoms with E-state index in [9.17, 15) is 9.59 Å². The molecule has 0 saturated carbocycles. The van der Waals surface area contributed by atoms with Crippen molar-refractivity contribution in [1.82, 2.24) is 4.90 Å². The molecule has 0 radical (unpaired) electrons. The molecule has 3 N–H and O–H groups in total. The second-order valence-corrected chi connectivity index (χ2v) is 4.91. The summed E-state index contributed by atoms with van der Waals surface area (Å²) in [6.45, 7) is 2.85. The molecular weight excluding hydrogens is 272 g/mol. The maximum Gasteiger partial charge on any atom is 0.304 e. The van der Waals surface area contributed by atoms with Gasteiger partial charge in [0, 0.05) is 25.4 Å². The number of aliphatic carboxylic acids is 1. The maximum absolute atomic E-state index is 12.0. The van der Waals surface area contributed by atoms with E-state index in [1.807, 2.05) is 25.1 Å². The number of aliphatic hydroxyl groups excluding tert-OH is 1. The molecule has 1 amide bonds. The largest absolute Gasteiger partial charge is 0.481 e. The third kappa shape index (κ3) is 7.43. The summed E-state index contributed by atoms with van der Waals surface area (Å²) in [6.07, 6.45) is 0.487. The molecule has 1 aromatic rings. The van der Waals surface area contributed by atoms with Gasteiger partial charge in [-0.25, -0.2) is 0 Å². The van der Waals surface area contributed by atoms with Gasteiger partial charge in [0.2, 0.25) is 5.91 Å². The fraction of sp³-hybridized carbons (Fsp3) is 0.467. The molecule has 0 bridgehead atoms. The topological polar surface area (TPSA) is 89.9 Å². The lowest BCUT2D eigenvalue weighted by Crippen LogP contribution is -2.35. The number of amides is 1. The summed E-state index contributed by atoms with van der Waals surface area (Å²) in [5.74, 6) is -1.09. The van der Waals surface area contributed by atoms with Crippen LogP contribution in [0.3, 0.4) is 0 Å². The van der Waals surface area contributed by atoms with Gasteiger partial charge in [-0.15, -0.1) is 0 Å². The van der Waals surface area contributed by atoms with Crippen molar-refractivity contribution in [3.63, 3.8) is 0 Å². The van der Waals surface area contributed by atoms with E-state index in [1.165, 1.54) is 0 Å². The predicted molar refractivity (Wildman–Crippen MR) is 80.2 cm³/mol. The monoisotopic (exact) mass is 294 g/mol. The number of carboxylic acid groups (broad SMARTS) is 1. The van der Waals surface area contributed by atoms with Crippen LogP contribution < -0.4 is 5.32 Å². The van der Waals surface area contributed by atoms with Crippen LogP contribution in [0.2, 0.25) is 0 Å². The fourth-order valence-electron chi connectivity index (χ4n) is 1.94. The minimum absolute atomic E-state index is 0.0169. The smallest absolute Gasteiger partial charge is 0.304 e. The van der Waals surface area contributed by atoms with Crippen LogP contribution in [-0.2, 0) is 9.59 Å². The van der Waals surface area contributed by atoms with Crippen LogP contribution in [0.15, 0.2) is 24.3 Å². The Hall–Kier alpha value is -1.92. The van der Waals surface area contributed by atoms with E-state index in [-0.39, 0.29) is 32.0 Å². The molecule has 0 atom stereocenters. The Kier molecular flexibility index (Phi) is 7.42. The van der Waals surface area contributed by atoms with Gasteiger partial charge >= 0.3 is 5.97 Å². The number of benzene rings is 1. The van der Waals surface area contributed by atoms with E-state index in [2.05, 4.69) is 5.32 Å². The van der Waals surface area contributed by atoms with E-state index >= 15 is 0 Å². The second-order valence-electron chi connectivity index (χ2n) is 4.91. The predicted octanol–water partition coefficient (Wildman–Crippen LogP) is 1.09. The minimum Gasteiger partial charge on any atom is -0.481 e. The highest BCUT2D eigenvalue weighted by atomic mass is 16.4. The third-order valence-electron chi connectivity index (χ3n) is 2.94. The van der Waals surface area contributed by atoms with Gasteiger partial charge in [-0.2, -0.15) is 0 Å². The lowest BCUT2D eigenvalue weighted by atomic mass is 10.2. The Morgan fingerprint density at radius 2 is 2.05 bits per heavy atom. The maximum atomic E-state index is 12.0. The Bertz CT molecular complexity index is 476. The van der Waals surface area contributed by atoms with Gasteiger partial charge in [-0.1, -0.05) is 12.1 Å². The van der Waals surface area contributed by atoms with E-state index in [0.29, 0.717) is 13.0 Å². The third-order valence-corrected chi connectivity index (χ3v) is 2.94. The highest BCUT2D eigenvalue weighted by Gasteiger charge is 2.12. The normalized spacial score (nSPS) is 10.6. The van der Waals surface area contributed by atoms with Crippen molar-refractivity contribution < 1.29 is 19.8 Å². The second kappa shape index (κ2) is 9.10. The number of anilines is 1. The summed E-state index contributed by atoms with van der Waals surface area (Å²) in [4.78, 5) is 24.3. The number of carboxylic acids is 1. The number of nitrogens with one attached hydrogen (secondary N) is 1. The summed E-state index contributed by atoms with van der Waals surface area (Å²) in [5, 5.41) is 20.3. The fourth-order valence-corrected chi connectivity index (χ4v) is 1.94. The standard InChI is InChI=1S/C15H22N2O4/c1-12-4-2-5-13(10-12)16-14(19)11-17(7-3-9-18)8-6-15(20)21/h2,4-5,10,18H,3,6-9,11H2,1H3,(H,16,19)(H,20,21). The van der Waals surface area contributed by atoms with Crippen molar-refractivity contribution in [2.45, 2.75) is 19.8 Å². The van der Waals surface area contributed by atoms with Crippen LogP contribution in [0, 0.1) is 6.92 Å². The molecule has 0 heterocycles. The molecule has 6 heteroatoms. The molecule has 0 fully saturated rings. The molecule has 0 aromatic heterocycles. The molecule has 116 valence electrons. The Morgan fingerprint density at radius 1 is 1.29 bits per heavy atom. The van der Waals surface area contributed by atoms with Gasteiger partial charge in [0.05, 0.1) is 13.0 Å². The summed E-state index contributed by atoms with van der Waals surface area (Å²) in [6, 6.07) is 7.47. The van der Waals surface area contributed by atoms with E-state index in [1.54, 1.807) is 11.0 Å². The minimum atomic E-state index is -0.900. The number of aryl methyl sites for hydroxylation is 1. The number of aliphatic hydroxyl groups is 1. The summed E-state index contributed by atoms with van der Waals surface area (Å²) < 4.78 is 0. The molecule has 1 aromatic carbocycles.